The average molecular weight is 315 g/mol. The number of aliphatic hydroxyl groups is 1. The Morgan fingerprint density at radius 1 is 1.38 bits per heavy atom. The summed E-state index contributed by atoms with van der Waals surface area (Å²) in [4.78, 5) is 0.220. The molecule has 21 heavy (non-hydrogen) atoms. The van der Waals surface area contributed by atoms with Crippen LogP contribution in [0, 0.1) is 19.8 Å². The minimum Gasteiger partial charge on any atom is -0.389 e. The SMILES string of the molecule is Cc1nn(C)c(C)c1S(=O)(=O)NCC1(O)CCC(C)CC1. The zero-order chi connectivity index (χ0) is 15.8. The van der Waals surface area contributed by atoms with Gasteiger partial charge in [0, 0.05) is 13.6 Å². The minimum atomic E-state index is -3.65. The van der Waals surface area contributed by atoms with E-state index in [2.05, 4.69) is 16.7 Å². The molecule has 2 rings (SSSR count). The van der Waals surface area contributed by atoms with Crippen LogP contribution in [0.4, 0.5) is 0 Å². The molecule has 7 heteroatoms. The first-order valence-corrected chi connectivity index (χ1v) is 8.85. The van der Waals surface area contributed by atoms with Crippen molar-refractivity contribution in [1.29, 1.82) is 0 Å². The Bertz CT molecular complexity index is 614. The quantitative estimate of drug-likeness (QED) is 0.876. The molecule has 1 aliphatic rings. The highest BCUT2D eigenvalue weighted by Gasteiger charge is 2.34. The standard InChI is InChI=1S/C14H25N3O3S/c1-10-5-7-14(18,8-6-10)9-15-21(19,20)13-11(2)16-17(4)12(13)3/h10,15,18H,5-9H2,1-4H3. The molecule has 0 spiro atoms. The maximum absolute atomic E-state index is 12.5. The molecule has 6 nitrogen and oxygen atoms in total. The van der Waals surface area contributed by atoms with Crippen LogP contribution in [0.2, 0.25) is 0 Å². The Labute approximate surface area is 126 Å². The van der Waals surface area contributed by atoms with Gasteiger partial charge in [-0.3, -0.25) is 4.68 Å². The van der Waals surface area contributed by atoms with E-state index in [1.54, 1.807) is 25.6 Å². The van der Waals surface area contributed by atoms with Gasteiger partial charge in [-0.05, 0) is 45.4 Å². The molecule has 0 saturated heterocycles. The van der Waals surface area contributed by atoms with E-state index in [4.69, 9.17) is 0 Å². The molecule has 1 aromatic rings. The first-order valence-electron chi connectivity index (χ1n) is 7.37. The van der Waals surface area contributed by atoms with Gasteiger partial charge in [0.05, 0.1) is 17.0 Å². The monoisotopic (exact) mass is 315 g/mol. The Morgan fingerprint density at radius 2 is 1.95 bits per heavy atom. The summed E-state index contributed by atoms with van der Waals surface area (Å²) < 4.78 is 29.0. The summed E-state index contributed by atoms with van der Waals surface area (Å²) in [5.74, 6) is 0.602. The molecular formula is C14H25N3O3S. The number of aromatic nitrogens is 2. The fraction of sp³-hybridized carbons (Fsp3) is 0.786. The van der Waals surface area contributed by atoms with Crippen LogP contribution in [0.15, 0.2) is 4.90 Å². The van der Waals surface area contributed by atoms with Crippen LogP contribution >= 0.6 is 0 Å². The lowest BCUT2D eigenvalue weighted by atomic mass is 9.80. The number of hydrogen-bond donors (Lipinski definition) is 2. The molecule has 0 bridgehead atoms. The zero-order valence-electron chi connectivity index (χ0n) is 13.2. The molecule has 1 heterocycles. The van der Waals surface area contributed by atoms with Crippen LogP contribution in [0.1, 0.15) is 44.0 Å². The van der Waals surface area contributed by atoms with Crippen LogP contribution < -0.4 is 4.72 Å². The van der Waals surface area contributed by atoms with Gasteiger partial charge in [0.15, 0.2) is 0 Å². The third-order valence-corrected chi connectivity index (χ3v) is 6.16. The van der Waals surface area contributed by atoms with Gasteiger partial charge in [-0.1, -0.05) is 6.92 Å². The minimum absolute atomic E-state index is 0.0653. The molecule has 0 radical (unpaired) electrons. The summed E-state index contributed by atoms with van der Waals surface area (Å²) in [7, 11) is -1.93. The summed E-state index contributed by atoms with van der Waals surface area (Å²) in [6.45, 7) is 5.63. The molecule has 1 aromatic heterocycles. The molecule has 0 atom stereocenters. The summed E-state index contributed by atoms with van der Waals surface area (Å²) >= 11 is 0. The second-order valence-corrected chi connectivity index (χ2v) is 8.06. The Kier molecular flexibility index (Phi) is 4.46. The van der Waals surface area contributed by atoms with E-state index in [0.717, 1.165) is 12.8 Å². The van der Waals surface area contributed by atoms with Crippen molar-refractivity contribution >= 4 is 10.0 Å². The molecule has 120 valence electrons. The second-order valence-electron chi connectivity index (χ2n) is 6.35. The number of nitrogens with zero attached hydrogens (tertiary/aromatic N) is 2. The van der Waals surface area contributed by atoms with Gasteiger partial charge in [0.1, 0.15) is 4.90 Å². The van der Waals surface area contributed by atoms with Gasteiger partial charge in [-0.25, -0.2) is 13.1 Å². The largest absolute Gasteiger partial charge is 0.389 e. The molecule has 0 unspecified atom stereocenters. The first kappa shape index (κ1) is 16.5. The van der Waals surface area contributed by atoms with E-state index in [1.807, 2.05) is 0 Å². The normalized spacial score (nSPS) is 27.0. The Morgan fingerprint density at radius 3 is 2.43 bits per heavy atom. The highest BCUT2D eigenvalue weighted by molar-refractivity contribution is 7.89. The van der Waals surface area contributed by atoms with Crippen LogP contribution in [-0.4, -0.2) is 35.5 Å². The number of hydrogen-bond acceptors (Lipinski definition) is 4. The predicted molar refractivity (Wildman–Crippen MR) is 80.5 cm³/mol. The van der Waals surface area contributed by atoms with Crippen molar-refractivity contribution in [1.82, 2.24) is 14.5 Å². The van der Waals surface area contributed by atoms with Crippen molar-refractivity contribution in [2.24, 2.45) is 13.0 Å². The lowest BCUT2D eigenvalue weighted by molar-refractivity contribution is -0.00183. The van der Waals surface area contributed by atoms with Crippen molar-refractivity contribution in [3.63, 3.8) is 0 Å². The summed E-state index contributed by atoms with van der Waals surface area (Å²) in [6.07, 6.45) is 3.15. The highest BCUT2D eigenvalue weighted by atomic mass is 32.2. The second kappa shape index (κ2) is 5.70. The fourth-order valence-corrected chi connectivity index (χ4v) is 4.47. The molecular weight excluding hydrogens is 290 g/mol. The third kappa shape index (κ3) is 3.46. The molecule has 1 fully saturated rings. The number of sulfonamides is 1. The van der Waals surface area contributed by atoms with Gasteiger partial charge in [0.2, 0.25) is 10.0 Å². The van der Waals surface area contributed by atoms with Gasteiger partial charge < -0.3 is 5.11 Å². The van der Waals surface area contributed by atoms with E-state index in [1.165, 1.54) is 0 Å². The number of nitrogens with one attached hydrogen (secondary N) is 1. The van der Waals surface area contributed by atoms with Gasteiger partial charge in [0.25, 0.3) is 0 Å². The van der Waals surface area contributed by atoms with Gasteiger partial charge in [-0.2, -0.15) is 5.10 Å². The molecule has 0 aliphatic heterocycles. The van der Waals surface area contributed by atoms with Crippen LogP contribution in [0.5, 0.6) is 0 Å². The molecule has 0 aromatic carbocycles. The van der Waals surface area contributed by atoms with E-state index >= 15 is 0 Å². The Balaban J connectivity index is 2.12. The average Bonchev–Trinajstić information content (AvgIpc) is 2.66. The van der Waals surface area contributed by atoms with Crippen molar-refractivity contribution in [2.75, 3.05) is 6.54 Å². The van der Waals surface area contributed by atoms with Crippen molar-refractivity contribution in [3.8, 4) is 0 Å². The lowest BCUT2D eigenvalue weighted by Gasteiger charge is -2.34. The molecule has 1 aliphatic carbocycles. The van der Waals surface area contributed by atoms with E-state index in [9.17, 15) is 13.5 Å². The van der Waals surface area contributed by atoms with Crippen LogP contribution in [-0.2, 0) is 17.1 Å². The number of aryl methyl sites for hydroxylation is 2. The topological polar surface area (TPSA) is 84.2 Å². The smallest absolute Gasteiger partial charge is 0.244 e. The van der Waals surface area contributed by atoms with E-state index in [0.29, 0.717) is 30.1 Å². The maximum Gasteiger partial charge on any atom is 0.244 e. The Hall–Kier alpha value is -0.920. The van der Waals surface area contributed by atoms with Crippen LogP contribution in [0.25, 0.3) is 0 Å². The lowest BCUT2D eigenvalue weighted by Crippen LogP contribution is -2.45. The van der Waals surface area contributed by atoms with Crippen LogP contribution in [0.3, 0.4) is 0 Å². The molecule has 0 amide bonds. The van der Waals surface area contributed by atoms with E-state index < -0.39 is 15.6 Å². The summed E-state index contributed by atoms with van der Waals surface area (Å²) in [5, 5.41) is 14.6. The number of rotatable bonds is 4. The van der Waals surface area contributed by atoms with E-state index in [-0.39, 0.29) is 11.4 Å². The highest BCUT2D eigenvalue weighted by Crippen LogP contribution is 2.31. The van der Waals surface area contributed by atoms with Gasteiger partial charge in [-0.15, -0.1) is 0 Å². The molecule has 1 saturated carbocycles. The zero-order valence-corrected chi connectivity index (χ0v) is 14.0. The van der Waals surface area contributed by atoms with Crippen molar-refractivity contribution in [3.05, 3.63) is 11.4 Å². The fourth-order valence-electron chi connectivity index (χ4n) is 2.92. The van der Waals surface area contributed by atoms with Crippen molar-refractivity contribution in [2.45, 2.75) is 57.0 Å². The third-order valence-electron chi connectivity index (χ3n) is 4.51. The van der Waals surface area contributed by atoms with Gasteiger partial charge >= 0.3 is 0 Å². The first-order chi connectivity index (χ1) is 9.65. The predicted octanol–water partition coefficient (Wildman–Crippen LogP) is 1.26. The maximum atomic E-state index is 12.5. The summed E-state index contributed by atoms with van der Waals surface area (Å²) in [5.41, 5.74) is 0.153. The van der Waals surface area contributed by atoms with Crippen molar-refractivity contribution < 1.29 is 13.5 Å². The molecule has 2 N–H and O–H groups in total. The summed E-state index contributed by atoms with van der Waals surface area (Å²) in [6, 6.07) is 0.